The van der Waals surface area contributed by atoms with Crippen LogP contribution in [0.3, 0.4) is 0 Å². The van der Waals surface area contributed by atoms with Crippen LogP contribution in [0.25, 0.3) is 11.1 Å². The number of phenolic OH excluding ortho intramolecular Hbond substituents is 1. The van der Waals surface area contributed by atoms with Crippen LogP contribution < -0.4 is 5.56 Å². The van der Waals surface area contributed by atoms with Gasteiger partial charge in [0, 0.05) is 19.3 Å². The summed E-state index contributed by atoms with van der Waals surface area (Å²) in [5, 5.41) is 12.5. The standard InChI is InChI=1S/C17H21N3O2/c21-15-3-1-2-13(8-15)16-11-20(18-17(16)22)10-14-9-19-6-4-12(14)5-7-19/h1-3,8,11-12,14,21H,4-7,9-10H2,(H,18,22). The predicted molar refractivity (Wildman–Crippen MR) is 84.8 cm³/mol. The van der Waals surface area contributed by atoms with Crippen LogP contribution in [0.5, 0.6) is 5.75 Å². The molecule has 5 nitrogen and oxygen atoms in total. The molecule has 0 saturated carbocycles. The molecule has 0 spiro atoms. The van der Waals surface area contributed by atoms with Gasteiger partial charge in [-0.05, 0) is 55.5 Å². The first-order valence-electron chi connectivity index (χ1n) is 8.00. The van der Waals surface area contributed by atoms with Crippen molar-refractivity contribution in [2.45, 2.75) is 19.4 Å². The third kappa shape index (κ3) is 2.46. The zero-order valence-electron chi connectivity index (χ0n) is 12.5. The molecule has 3 fully saturated rings. The maximum Gasteiger partial charge on any atom is 0.271 e. The molecule has 2 aromatic rings. The predicted octanol–water partition coefficient (Wildman–Crippen LogP) is 1.89. The number of aromatic nitrogens is 2. The molecule has 4 heterocycles. The maximum absolute atomic E-state index is 12.2. The van der Waals surface area contributed by atoms with E-state index in [0.29, 0.717) is 11.5 Å². The van der Waals surface area contributed by atoms with Gasteiger partial charge in [0.15, 0.2) is 0 Å². The molecule has 5 heteroatoms. The summed E-state index contributed by atoms with van der Waals surface area (Å²) in [4.78, 5) is 14.7. The van der Waals surface area contributed by atoms with Gasteiger partial charge in [0.25, 0.3) is 5.56 Å². The molecule has 2 N–H and O–H groups in total. The number of aromatic hydroxyl groups is 1. The van der Waals surface area contributed by atoms with Gasteiger partial charge in [-0.15, -0.1) is 0 Å². The number of rotatable bonds is 3. The highest BCUT2D eigenvalue weighted by Crippen LogP contribution is 2.33. The van der Waals surface area contributed by atoms with E-state index in [0.717, 1.165) is 24.6 Å². The van der Waals surface area contributed by atoms with Crippen molar-refractivity contribution in [2.75, 3.05) is 19.6 Å². The molecule has 1 unspecified atom stereocenters. The molecule has 3 saturated heterocycles. The first-order valence-corrected chi connectivity index (χ1v) is 8.00. The molecule has 2 bridgehead atoms. The van der Waals surface area contributed by atoms with Gasteiger partial charge in [-0.3, -0.25) is 14.6 Å². The molecule has 3 aliphatic rings. The lowest BCUT2D eigenvalue weighted by molar-refractivity contribution is 0.0404. The number of nitrogens with one attached hydrogen (secondary N) is 1. The lowest BCUT2D eigenvalue weighted by Gasteiger charge is -2.44. The second-order valence-corrected chi connectivity index (χ2v) is 6.58. The minimum atomic E-state index is -0.0909. The van der Waals surface area contributed by atoms with Crippen LogP contribution in [0.4, 0.5) is 0 Å². The Hall–Kier alpha value is -2.01. The third-order valence-corrected chi connectivity index (χ3v) is 5.15. The van der Waals surface area contributed by atoms with E-state index >= 15 is 0 Å². The number of phenols is 1. The van der Waals surface area contributed by atoms with Gasteiger partial charge in [0.1, 0.15) is 5.75 Å². The zero-order chi connectivity index (χ0) is 15.1. The van der Waals surface area contributed by atoms with E-state index in [1.165, 1.54) is 25.9 Å². The Morgan fingerprint density at radius 1 is 1.27 bits per heavy atom. The second kappa shape index (κ2) is 5.32. The van der Waals surface area contributed by atoms with Gasteiger partial charge in [0.05, 0.1) is 5.56 Å². The van der Waals surface area contributed by atoms with Gasteiger partial charge in [0.2, 0.25) is 0 Å². The zero-order valence-corrected chi connectivity index (χ0v) is 12.5. The third-order valence-electron chi connectivity index (χ3n) is 5.15. The number of fused-ring (bicyclic) bond motifs is 3. The highest BCUT2D eigenvalue weighted by Gasteiger charge is 2.34. The van der Waals surface area contributed by atoms with Crippen LogP contribution in [0, 0.1) is 11.8 Å². The minimum absolute atomic E-state index is 0.0909. The number of nitrogens with zero attached hydrogens (tertiary/aromatic N) is 2. The van der Waals surface area contributed by atoms with E-state index < -0.39 is 0 Å². The fraction of sp³-hybridized carbons (Fsp3) is 0.471. The van der Waals surface area contributed by atoms with E-state index in [2.05, 4.69) is 10.00 Å². The molecule has 116 valence electrons. The molecular formula is C17H21N3O2. The van der Waals surface area contributed by atoms with Gasteiger partial charge in [-0.1, -0.05) is 12.1 Å². The van der Waals surface area contributed by atoms with Crippen LogP contribution in [0.1, 0.15) is 12.8 Å². The van der Waals surface area contributed by atoms with Gasteiger partial charge >= 0.3 is 0 Å². The summed E-state index contributed by atoms with van der Waals surface area (Å²) in [5.74, 6) is 1.60. The maximum atomic E-state index is 12.2. The molecule has 0 aliphatic carbocycles. The highest BCUT2D eigenvalue weighted by atomic mass is 16.3. The fourth-order valence-electron chi connectivity index (χ4n) is 3.96. The summed E-state index contributed by atoms with van der Waals surface area (Å²) in [6, 6.07) is 6.85. The number of H-pyrrole nitrogens is 1. The number of aromatic amines is 1. The lowest BCUT2D eigenvalue weighted by Crippen LogP contribution is -2.48. The van der Waals surface area contributed by atoms with E-state index in [9.17, 15) is 9.90 Å². The van der Waals surface area contributed by atoms with Crippen molar-refractivity contribution in [3.63, 3.8) is 0 Å². The molecule has 1 aromatic carbocycles. The van der Waals surface area contributed by atoms with E-state index in [-0.39, 0.29) is 11.3 Å². The first-order chi connectivity index (χ1) is 10.7. The molecular weight excluding hydrogens is 278 g/mol. The summed E-state index contributed by atoms with van der Waals surface area (Å²) < 4.78 is 1.92. The molecule has 1 aromatic heterocycles. The van der Waals surface area contributed by atoms with Crippen LogP contribution in [-0.4, -0.2) is 39.4 Å². The lowest BCUT2D eigenvalue weighted by atomic mass is 9.79. The highest BCUT2D eigenvalue weighted by molar-refractivity contribution is 5.63. The van der Waals surface area contributed by atoms with Gasteiger partial charge < -0.3 is 10.0 Å². The quantitative estimate of drug-likeness (QED) is 0.910. The Morgan fingerprint density at radius 2 is 2.09 bits per heavy atom. The number of hydrogen-bond acceptors (Lipinski definition) is 3. The second-order valence-electron chi connectivity index (χ2n) is 6.58. The van der Waals surface area contributed by atoms with E-state index in [1.807, 2.05) is 16.9 Å². The van der Waals surface area contributed by atoms with Crippen molar-refractivity contribution >= 4 is 0 Å². The summed E-state index contributed by atoms with van der Waals surface area (Å²) in [6.45, 7) is 4.48. The molecule has 0 amide bonds. The topological polar surface area (TPSA) is 61.3 Å². The van der Waals surface area contributed by atoms with Crippen LogP contribution in [-0.2, 0) is 6.54 Å². The molecule has 22 heavy (non-hydrogen) atoms. The van der Waals surface area contributed by atoms with Crippen molar-refractivity contribution < 1.29 is 5.11 Å². The minimum Gasteiger partial charge on any atom is -0.508 e. The Labute approximate surface area is 129 Å². The van der Waals surface area contributed by atoms with Gasteiger partial charge in [-0.25, -0.2) is 0 Å². The Bertz CT molecular complexity index is 726. The molecule has 5 rings (SSSR count). The summed E-state index contributed by atoms with van der Waals surface area (Å²) in [6.07, 6.45) is 4.46. The van der Waals surface area contributed by atoms with Crippen molar-refractivity contribution in [2.24, 2.45) is 11.8 Å². The SMILES string of the molecule is O=c1[nH]n(CC2CN3CCC2CC3)cc1-c1cccc(O)c1. The number of benzene rings is 1. The molecule has 1 atom stereocenters. The van der Waals surface area contributed by atoms with Crippen molar-refractivity contribution in [3.8, 4) is 16.9 Å². The van der Waals surface area contributed by atoms with Crippen LogP contribution in [0.2, 0.25) is 0 Å². The van der Waals surface area contributed by atoms with E-state index in [1.54, 1.807) is 18.2 Å². The van der Waals surface area contributed by atoms with Crippen LogP contribution >= 0.6 is 0 Å². The number of hydrogen-bond donors (Lipinski definition) is 2. The normalized spacial score (nSPS) is 27.2. The Balaban J connectivity index is 1.57. The van der Waals surface area contributed by atoms with Gasteiger partial charge in [-0.2, -0.15) is 0 Å². The average molecular weight is 299 g/mol. The largest absolute Gasteiger partial charge is 0.508 e. The van der Waals surface area contributed by atoms with Crippen molar-refractivity contribution in [1.29, 1.82) is 0 Å². The summed E-state index contributed by atoms with van der Waals surface area (Å²) >= 11 is 0. The fourth-order valence-corrected chi connectivity index (χ4v) is 3.96. The summed E-state index contributed by atoms with van der Waals surface area (Å²) in [7, 11) is 0. The Kier molecular flexibility index (Phi) is 3.30. The molecule has 3 aliphatic heterocycles. The smallest absolute Gasteiger partial charge is 0.271 e. The van der Waals surface area contributed by atoms with Crippen LogP contribution in [0.15, 0.2) is 35.3 Å². The first kappa shape index (κ1) is 13.6. The summed E-state index contributed by atoms with van der Waals surface area (Å²) in [5.41, 5.74) is 1.29. The van der Waals surface area contributed by atoms with E-state index in [4.69, 9.17) is 0 Å². The van der Waals surface area contributed by atoms with Crippen molar-refractivity contribution in [1.82, 2.24) is 14.7 Å². The molecule has 0 radical (unpaired) electrons. The monoisotopic (exact) mass is 299 g/mol. The average Bonchev–Trinajstić information content (AvgIpc) is 2.89. The Morgan fingerprint density at radius 3 is 2.77 bits per heavy atom. The number of piperidine rings is 3. The van der Waals surface area contributed by atoms with Crippen molar-refractivity contribution in [3.05, 3.63) is 40.8 Å².